The Kier molecular flexibility index (Phi) is 5.84. The predicted octanol–water partition coefficient (Wildman–Crippen LogP) is 6.94. The molecule has 0 saturated carbocycles. The molecule has 3 aromatic carbocycles. The van der Waals surface area contributed by atoms with Gasteiger partial charge in [0.15, 0.2) is 0 Å². The van der Waals surface area contributed by atoms with E-state index in [1.165, 1.54) is 11.1 Å². The van der Waals surface area contributed by atoms with E-state index in [0.29, 0.717) is 6.54 Å². The first-order valence-electron chi connectivity index (χ1n) is 9.71. The zero-order valence-corrected chi connectivity index (χ0v) is 18.4. The highest BCUT2D eigenvalue weighted by molar-refractivity contribution is 8.02. The van der Waals surface area contributed by atoms with E-state index >= 15 is 0 Å². The van der Waals surface area contributed by atoms with Gasteiger partial charge in [-0.25, -0.2) is 0 Å². The molecule has 0 unspecified atom stereocenters. The second-order valence-electron chi connectivity index (χ2n) is 7.06. The van der Waals surface area contributed by atoms with Gasteiger partial charge in [0.25, 0.3) is 5.56 Å². The lowest BCUT2D eigenvalue weighted by Crippen LogP contribution is -2.22. The Labute approximate surface area is 180 Å². The van der Waals surface area contributed by atoms with Gasteiger partial charge in [-0.2, -0.15) is 0 Å². The maximum atomic E-state index is 13.5. The number of aromatic nitrogens is 1. The number of nitrogens with zero attached hydrogens (tertiary/aromatic N) is 1. The maximum Gasteiger partial charge on any atom is 0.266 e. The minimum atomic E-state index is 0.0754. The van der Waals surface area contributed by atoms with Crippen molar-refractivity contribution in [3.05, 3.63) is 94.3 Å². The van der Waals surface area contributed by atoms with Crippen LogP contribution < -0.4 is 5.56 Å². The Morgan fingerprint density at radius 1 is 0.724 bits per heavy atom. The number of pyridine rings is 1. The Bertz CT molecular complexity index is 1210. The number of hydrogen-bond donors (Lipinski definition) is 0. The van der Waals surface area contributed by atoms with Crippen LogP contribution in [0.15, 0.2) is 97.2 Å². The van der Waals surface area contributed by atoms with E-state index in [0.717, 1.165) is 30.5 Å². The number of para-hydroxylation sites is 1. The summed E-state index contributed by atoms with van der Waals surface area (Å²) in [6.07, 6.45) is 0. The molecule has 0 radical (unpaired) electrons. The van der Waals surface area contributed by atoms with Crippen LogP contribution in [0.2, 0.25) is 0 Å². The minimum absolute atomic E-state index is 0.0754. The van der Waals surface area contributed by atoms with Crippen LogP contribution in [-0.2, 0) is 6.54 Å². The highest BCUT2D eigenvalue weighted by Crippen LogP contribution is 2.41. The highest BCUT2D eigenvalue weighted by Gasteiger charge is 2.18. The van der Waals surface area contributed by atoms with E-state index in [1.54, 1.807) is 23.5 Å². The third kappa shape index (κ3) is 4.14. The molecule has 0 atom stereocenters. The van der Waals surface area contributed by atoms with Crippen LogP contribution in [0.1, 0.15) is 18.1 Å². The fourth-order valence-electron chi connectivity index (χ4n) is 3.31. The topological polar surface area (TPSA) is 22.0 Å². The highest BCUT2D eigenvalue weighted by atomic mass is 32.2. The Morgan fingerprint density at radius 3 is 1.79 bits per heavy atom. The summed E-state index contributed by atoms with van der Waals surface area (Å²) in [4.78, 5) is 17.5. The Morgan fingerprint density at radius 2 is 1.24 bits per heavy atom. The summed E-state index contributed by atoms with van der Waals surface area (Å²) in [6, 6.07) is 25.1. The molecule has 1 aromatic heterocycles. The van der Waals surface area contributed by atoms with Gasteiger partial charge in [0.2, 0.25) is 0 Å². The normalized spacial score (nSPS) is 11.1. The van der Waals surface area contributed by atoms with Crippen LogP contribution >= 0.6 is 23.5 Å². The number of rotatable bonds is 5. The van der Waals surface area contributed by atoms with Gasteiger partial charge in [-0.05, 0) is 51.1 Å². The number of benzene rings is 3. The van der Waals surface area contributed by atoms with Gasteiger partial charge in [-0.3, -0.25) is 4.79 Å². The van der Waals surface area contributed by atoms with E-state index < -0.39 is 0 Å². The molecule has 0 bridgehead atoms. The second-order valence-corrected chi connectivity index (χ2v) is 9.22. The summed E-state index contributed by atoms with van der Waals surface area (Å²) in [5, 5.41) is 1.12. The molecule has 0 spiro atoms. The molecular weight excluding hydrogens is 394 g/mol. The van der Waals surface area contributed by atoms with Crippen molar-refractivity contribution < 1.29 is 0 Å². The van der Waals surface area contributed by atoms with Crippen LogP contribution in [0.4, 0.5) is 0 Å². The third-order valence-electron chi connectivity index (χ3n) is 4.88. The molecule has 0 saturated heterocycles. The Hall–Kier alpha value is -2.43. The molecule has 4 aromatic rings. The van der Waals surface area contributed by atoms with Crippen LogP contribution in [-0.4, -0.2) is 4.57 Å². The SMILES string of the molecule is CCn1c(=O)c(Sc2ccc(C)cc2)c(Sc2ccc(C)cc2)c2ccccc21. The molecule has 0 amide bonds. The maximum absolute atomic E-state index is 13.5. The van der Waals surface area contributed by atoms with E-state index in [1.807, 2.05) is 29.7 Å². The quantitative estimate of drug-likeness (QED) is 0.351. The summed E-state index contributed by atoms with van der Waals surface area (Å²) < 4.78 is 1.88. The van der Waals surface area contributed by atoms with Crippen molar-refractivity contribution in [3.8, 4) is 0 Å². The molecule has 0 N–H and O–H groups in total. The first-order chi connectivity index (χ1) is 14.1. The largest absolute Gasteiger partial charge is 0.308 e. The van der Waals surface area contributed by atoms with E-state index in [4.69, 9.17) is 0 Å². The van der Waals surface area contributed by atoms with Gasteiger partial charge in [0, 0.05) is 26.6 Å². The number of aryl methyl sites for hydroxylation is 3. The van der Waals surface area contributed by atoms with Crippen LogP contribution in [0.3, 0.4) is 0 Å². The zero-order valence-electron chi connectivity index (χ0n) is 16.8. The lowest BCUT2D eigenvalue weighted by atomic mass is 10.2. The van der Waals surface area contributed by atoms with Gasteiger partial charge in [0.05, 0.1) is 10.4 Å². The number of hydrogen-bond acceptors (Lipinski definition) is 3. The van der Waals surface area contributed by atoms with Crippen LogP contribution in [0.5, 0.6) is 0 Å². The van der Waals surface area contributed by atoms with Crippen molar-refractivity contribution in [2.75, 3.05) is 0 Å². The van der Waals surface area contributed by atoms with Crippen molar-refractivity contribution in [1.29, 1.82) is 0 Å². The molecule has 0 fully saturated rings. The summed E-state index contributed by atoms with van der Waals surface area (Å²) in [7, 11) is 0. The van der Waals surface area contributed by atoms with Gasteiger partial charge < -0.3 is 4.57 Å². The molecule has 29 heavy (non-hydrogen) atoms. The van der Waals surface area contributed by atoms with Gasteiger partial charge in [-0.1, -0.05) is 77.1 Å². The fraction of sp³-hybridized carbons (Fsp3) is 0.160. The fourth-order valence-corrected chi connectivity index (χ4v) is 5.43. The van der Waals surface area contributed by atoms with Crippen LogP contribution in [0.25, 0.3) is 10.9 Å². The van der Waals surface area contributed by atoms with Gasteiger partial charge >= 0.3 is 0 Å². The molecular formula is C25H23NOS2. The average Bonchev–Trinajstić information content (AvgIpc) is 2.74. The molecule has 1 heterocycles. The smallest absolute Gasteiger partial charge is 0.266 e. The summed E-state index contributed by atoms with van der Waals surface area (Å²) in [5.74, 6) is 0. The summed E-state index contributed by atoms with van der Waals surface area (Å²) in [5.41, 5.74) is 3.51. The van der Waals surface area contributed by atoms with Gasteiger partial charge in [-0.15, -0.1) is 0 Å². The van der Waals surface area contributed by atoms with E-state index in [2.05, 4.69) is 68.4 Å². The summed E-state index contributed by atoms with van der Waals surface area (Å²) in [6.45, 7) is 6.84. The predicted molar refractivity (Wildman–Crippen MR) is 124 cm³/mol. The molecule has 0 aliphatic rings. The van der Waals surface area contributed by atoms with Crippen molar-refractivity contribution in [2.24, 2.45) is 0 Å². The molecule has 0 aliphatic carbocycles. The van der Waals surface area contributed by atoms with Crippen molar-refractivity contribution in [2.45, 2.75) is 46.9 Å². The third-order valence-corrected chi connectivity index (χ3v) is 7.24. The molecule has 4 rings (SSSR count). The monoisotopic (exact) mass is 417 g/mol. The van der Waals surface area contributed by atoms with Gasteiger partial charge in [0.1, 0.15) is 0 Å². The van der Waals surface area contributed by atoms with Crippen molar-refractivity contribution in [3.63, 3.8) is 0 Å². The second kappa shape index (κ2) is 8.52. The lowest BCUT2D eigenvalue weighted by molar-refractivity contribution is 0.736. The molecule has 2 nitrogen and oxygen atoms in total. The van der Waals surface area contributed by atoms with E-state index in [-0.39, 0.29) is 5.56 Å². The molecule has 146 valence electrons. The summed E-state index contributed by atoms with van der Waals surface area (Å²) >= 11 is 3.24. The lowest BCUT2D eigenvalue weighted by Gasteiger charge is -2.16. The standard InChI is InChI=1S/C25H23NOS2/c1-4-26-22-8-6-5-7-21(22)23(28-19-13-9-17(2)10-14-19)24(25(26)27)29-20-15-11-18(3)12-16-20/h5-16H,4H2,1-3H3. The first kappa shape index (κ1) is 19.9. The zero-order chi connectivity index (χ0) is 20.4. The average molecular weight is 418 g/mol. The van der Waals surface area contributed by atoms with Crippen molar-refractivity contribution >= 4 is 34.4 Å². The molecule has 0 aliphatic heterocycles. The molecule has 4 heteroatoms. The minimum Gasteiger partial charge on any atom is -0.308 e. The van der Waals surface area contributed by atoms with Crippen molar-refractivity contribution in [1.82, 2.24) is 4.57 Å². The first-order valence-corrected chi connectivity index (χ1v) is 11.3. The Balaban J connectivity index is 1.93. The number of fused-ring (bicyclic) bond motifs is 1. The van der Waals surface area contributed by atoms with Crippen LogP contribution in [0, 0.1) is 13.8 Å². The van der Waals surface area contributed by atoms with E-state index in [9.17, 15) is 4.79 Å².